The van der Waals surface area contributed by atoms with Gasteiger partial charge in [-0.15, -0.1) is 34.9 Å². The van der Waals surface area contributed by atoms with Crippen molar-refractivity contribution in [3.8, 4) is 0 Å². The number of ether oxygens (including phenoxy) is 2. The zero-order valence-corrected chi connectivity index (χ0v) is 28.7. The molecule has 1 aromatic heterocycles. The minimum atomic E-state index is -0.947. The number of oxime groups is 1. The van der Waals surface area contributed by atoms with E-state index >= 15 is 0 Å². The largest absolute Gasteiger partial charge is 0.457 e. The van der Waals surface area contributed by atoms with Gasteiger partial charge in [0.1, 0.15) is 28.4 Å². The van der Waals surface area contributed by atoms with Gasteiger partial charge < -0.3 is 19.6 Å². The summed E-state index contributed by atoms with van der Waals surface area (Å²) in [4.78, 5) is 64.6. The van der Waals surface area contributed by atoms with E-state index in [1.54, 1.807) is 26.2 Å². The first-order valence-corrected chi connectivity index (χ1v) is 17.8. The Labute approximate surface area is 285 Å². The van der Waals surface area contributed by atoms with Crippen molar-refractivity contribution in [1.82, 2.24) is 15.2 Å². The summed E-state index contributed by atoms with van der Waals surface area (Å²) in [6.45, 7) is 6.62. The number of fused-ring (bicyclic) bond motifs is 1. The van der Waals surface area contributed by atoms with Crippen LogP contribution in [0.3, 0.4) is 0 Å². The highest BCUT2D eigenvalue weighted by molar-refractivity contribution is 8.06. The van der Waals surface area contributed by atoms with Gasteiger partial charge in [-0.2, -0.15) is 0 Å². The van der Waals surface area contributed by atoms with Crippen molar-refractivity contribution in [3.05, 3.63) is 99.0 Å². The summed E-state index contributed by atoms with van der Waals surface area (Å²) in [6, 6.07) is 17.9. The Morgan fingerprint density at radius 1 is 1.09 bits per heavy atom. The lowest BCUT2D eigenvalue weighted by Crippen LogP contribution is -2.71. The van der Waals surface area contributed by atoms with E-state index in [9.17, 15) is 19.2 Å². The van der Waals surface area contributed by atoms with Crippen LogP contribution in [0.5, 0.6) is 0 Å². The summed E-state index contributed by atoms with van der Waals surface area (Å²) in [7, 11) is 0. The van der Waals surface area contributed by atoms with Gasteiger partial charge in [-0.05, 0) is 37.7 Å². The summed E-state index contributed by atoms with van der Waals surface area (Å²) in [5.74, 6) is -1.30. The van der Waals surface area contributed by atoms with Crippen LogP contribution in [0.4, 0.5) is 0 Å². The number of carbonyl (C=O) groups excluding carboxylic acids is 4. The van der Waals surface area contributed by atoms with E-state index in [2.05, 4.69) is 15.5 Å². The highest BCUT2D eigenvalue weighted by Gasteiger charge is 2.55. The van der Waals surface area contributed by atoms with E-state index in [1.165, 1.54) is 45.3 Å². The average Bonchev–Trinajstić information content (AvgIpc) is 3.59. The van der Waals surface area contributed by atoms with Gasteiger partial charge in [-0.25, -0.2) is 14.6 Å². The van der Waals surface area contributed by atoms with Crippen LogP contribution in [-0.4, -0.2) is 74.5 Å². The van der Waals surface area contributed by atoms with Crippen LogP contribution in [0.2, 0.25) is 0 Å². The molecule has 47 heavy (non-hydrogen) atoms. The van der Waals surface area contributed by atoms with Crippen LogP contribution in [0, 0.1) is 0 Å². The molecular formula is C33H34N4O7S3. The predicted molar refractivity (Wildman–Crippen MR) is 181 cm³/mol. The molecular weight excluding hydrogens is 661 g/mol. The Morgan fingerprint density at radius 2 is 1.74 bits per heavy atom. The second-order valence-electron chi connectivity index (χ2n) is 11.3. The highest BCUT2D eigenvalue weighted by atomic mass is 32.2. The third-order valence-corrected chi connectivity index (χ3v) is 9.83. The van der Waals surface area contributed by atoms with E-state index in [0.29, 0.717) is 11.5 Å². The molecule has 1 N–H and O–H groups in total. The monoisotopic (exact) mass is 694 g/mol. The number of hydrogen-bond donors (Lipinski definition) is 1. The molecule has 0 bridgehead atoms. The molecule has 3 aromatic rings. The molecule has 2 unspecified atom stereocenters. The minimum absolute atomic E-state index is 0.182. The first kappa shape index (κ1) is 34.2. The van der Waals surface area contributed by atoms with Crippen molar-refractivity contribution in [2.45, 2.75) is 50.8 Å². The standard InChI is InChI=1S/C33H34N4O7S3/c1-5-46-23-18-47-31-26(35-29(39)25(22-17-45-19-34-22)36-42-16-24(38)44-33(2,3)4)30(40)37(31)27(23)32(41)43-28(20-12-8-6-9-13-20)21-14-10-7-11-15-21/h6-15,17,19,26,28,31H,5,16,18H2,1-4H3,(H,35,39)/b36-25+. The summed E-state index contributed by atoms with van der Waals surface area (Å²) < 4.78 is 11.4. The number of aromatic nitrogens is 1. The van der Waals surface area contributed by atoms with Gasteiger partial charge in [-0.1, -0.05) is 72.7 Å². The fraction of sp³-hybridized carbons (Fsp3) is 0.333. The quantitative estimate of drug-likeness (QED) is 0.121. The summed E-state index contributed by atoms with van der Waals surface area (Å²) in [5.41, 5.74) is 2.59. The van der Waals surface area contributed by atoms with Crippen molar-refractivity contribution in [2.75, 3.05) is 18.1 Å². The lowest BCUT2D eigenvalue weighted by atomic mass is 10.0. The third kappa shape index (κ3) is 8.24. The second kappa shape index (κ2) is 15.2. The smallest absolute Gasteiger partial charge is 0.356 e. The van der Waals surface area contributed by atoms with Gasteiger partial charge in [0.25, 0.3) is 11.8 Å². The van der Waals surface area contributed by atoms with Gasteiger partial charge >= 0.3 is 11.9 Å². The van der Waals surface area contributed by atoms with Gasteiger partial charge in [0.15, 0.2) is 11.8 Å². The number of nitrogens with one attached hydrogen (secondary N) is 1. The van der Waals surface area contributed by atoms with Crippen LogP contribution in [0.1, 0.15) is 50.6 Å². The van der Waals surface area contributed by atoms with E-state index in [4.69, 9.17) is 14.3 Å². The number of β-lactam (4-membered cyclic amide) rings is 1. The van der Waals surface area contributed by atoms with Crippen LogP contribution < -0.4 is 5.32 Å². The maximum absolute atomic E-state index is 14.0. The Hall–Kier alpha value is -4.14. The van der Waals surface area contributed by atoms with E-state index in [-0.39, 0.29) is 17.1 Å². The minimum Gasteiger partial charge on any atom is -0.457 e. The number of thiazole rings is 1. The first-order chi connectivity index (χ1) is 22.6. The molecule has 1 saturated heterocycles. The number of carbonyl (C=O) groups is 4. The van der Waals surface area contributed by atoms with Crippen molar-refractivity contribution in [2.24, 2.45) is 5.16 Å². The maximum atomic E-state index is 14.0. The summed E-state index contributed by atoms with van der Waals surface area (Å²) >= 11 is 4.16. The molecule has 2 aliphatic rings. The van der Waals surface area contributed by atoms with E-state index in [1.807, 2.05) is 67.6 Å². The number of nitrogens with zero attached hydrogens (tertiary/aromatic N) is 3. The number of hydrogen-bond acceptors (Lipinski definition) is 12. The van der Waals surface area contributed by atoms with Gasteiger partial charge in [-0.3, -0.25) is 14.5 Å². The molecule has 0 saturated carbocycles. The molecule has 2 aromatic carbocycles. The normalized spacial score (nSPS) is 17.9. The molecule has 2 amide bonds. The Bertz CT molecular complexity index is 1620. The fourth-order valence-electron chi connectivity index (χ4n) is 4.88. The Balaban J connectivity index is 1.34. The number of amides is 2. The first-order valence-electron chi connectivity index (χ1n) is 14.8. The highest BCUT2D eigenvalue weighted by Crippen LogP contribution is 2.44. The number of rotatable bonds is 12. The summed E-state index contributed by atoms with van der Waals surface area (Å²) in [6.07, 6.45) is -0.692. The number of esters is 2. The predicted octanol–water partition coefficient (Wildman–Crippen LogP) is 4.90. The average molecular weight is 695 g/mol. The van der Waals surface area contributed by atoms with Crippen LogP contribution in [0.15, 0.2) is 87.3 Å². The van der Waals surface area contributed by atoms with Crippen molar-refractivity contribution in [3.63, 3.8) is 0 Å². The maximum Gasteiger partial charge on any atom is 0.356 e. The van der Waals surface area contributed by atoms with E-state index in [0.717, 1.165) is 16.0 Å². The van der Waals surface area contributed by atoms with Crippen LogP contribution in [-0.2, 0) is 33.5 Å². The Kier molecular flexibility index (Phi) is 11.0. The van der Waals surface area contributed by atoms with Crippen molar-refractivity contribution in [1.29, 1.82) is 0 Å². The molecule has 2 aliphatic heterocycles. The van der Waals surface area contributed by atoms with Crippen molar-refractivity contribution < 1.29 is 33.5 Å². The van der Waals surface area contributed by atoms with E-state index < -0.39 is 53.5 Å². The molecule has 5 rings (SSSR count). The zero-order chi connectivity index (χ0) is 33.6. The summed E-state index contributed by atoms with van der Waals surface area (Å²) in [5, 5.41) is 7.65. The molecule has 246 valence electrons. The topological polar surface area (TPSA) is 136 Å². The van der Waals surface area contributed by atoms with Gasteiger partial charge in [0.05, 0.1) is 5.51 Å². The Morgan fingerprint density at radius 3 is 2.32 bits per heavy atom. The lowest BCUT2D eigenvalue weighted by Gasteiger charge is -2.49. The molecule has 14 heteroatoms. The zero-order valence-electron chi connectivity index (χ0n) is 26.2. The molecule has 11 nitrogen and oxygen atoms in total. The van der Waals surface area contributed by atoms with Gasteiger partial charge in [0, 0.05) is 16.0 Å². The molecule has 1 fully saturated rings. The van der Waals surface area contributed by atoms with Crippen LogP contribution in [0.25, 0.3) is 0 Å². The molecule has 3 heterocycles. The fourth-order valence-corrected chi connectivity index (χ4v) is 7.81. The second-order valence-corrected chi connectivity index (χ2v) is 14.5. The van der Waals surface area contributed by atoms with Gasteiger partial charge in [0.2, 0.25) is 6.61 Å². The SMILES string of the molecule is CCSC1=C(C(=O)OC(c2ccccc2)c2ccccc2)N2C(=O)C(NC(=O)/C(=N/OCC(=O)OC(C)(C)C)c3cscn3)C2SC1. The number of benzene rings is 2. The lowest BCUT2D eigenvalue weighted by molar-refractivity contribution is -0.160. The van der Waals surface area contributed by atoms with Crippen LogP contribution >= 0.6 is 34.9 Å². The molecule has 0 spiro atoms. The molecule has 2 atom stereocenters. The molecule has 0 aliphatic carbocycles. The third-order valence-electron chi connectivity index (χ3n) is 6.81. The van der Waals surface area contributed by atoms with Crippen molar-refractivity contribution >= 4 is 64.3 Å². The number of thioether (sulfide) groups is 2. The molecule has 0 radical (unpaired) electrons.